The number of amides is 1. The van der Waals surface area contributed by atoms with Crippen molar-refractivity contribution in [1.82, 2.24) is 10.3 Å². The molecule has 5 nitrogen and oxygen atoms in total. The van der Waals surface area contributed by atoms with E-state index < -0.39 is 5.97 Å². The first-order valence-corrected chi connectivity index (χ1v) is 7.07. The predicted molar refractivity (Wildman–Crippen MR) is 76.8 cm³/mol. The number of rotatable bonds is 8. The highest BCUT2D eigenvalue weighted by Gasteiger charge is 2.13. The Balaban J connectivity index is 2.57. The molecule has 1 atom stereocenters. The molecule has 0 spiro atoms. The van der Waals surface area contributed by atoms with Gasteiger partial charge in [0, 0.05) is 6.54 Å². The monoisotopic (exact) mass is 278 g/mol. The van der Waals surface area contributed by atoms with Gasteiger partial charge < -0.3 is 10.4 Å². The lowest BCUT2D eigenvalue weighted by Gasteiger charge is -2.15. The molecule has 0 saturated heterocycles. The molecule has 1 rings (SSSR count). The van der Waals surface area contributed by atoms with Crippen molar-refractivity contribution in [3.8, 4) is 0 Å². The lowest BCUT2D eigenvalue weighted by Crippen LogP contribution is -2.30. The van der Waals surface area contributed by atoms with Gasteiger partial charge in [-0.05, 0) is 24.5 Å². The molecule has 20 heavy (non-hydrogen) atoms. The number of unbranched alkanes of at least 4 members (excludes halogenated alkanes) is 1. The van der Waals surface area contributed by atoms with Crippen molar-refractivity contribution in [2.45, 2.75) is 39.5 Å². The summed E-state index contributed by atoms with van der Waals surface area (Å²) in [6.07, 6.45) is 4.41. The molecule has 2 N–H and O–H groups in total. The molecular formula is C15H22N2O3. The third-order valence-corrected chi connectivity index (χ3v) is 3.30. The van der Waals surface area contributed by atoms with Gasteiger partial charge in [0.1, 0.15) is 11.4 Å². The highest BCUT2D eigenvalue weighted by Crippen LogP contribution is 2.11. The number of pyridine rings is 1. The Kier molecular flexibility index (Phi) is 6.70. The summed E-state index contributed by atoms with van der Waals surface area (Å²) >= 11 is 0. The average molecular weight is 278 g/mol. The molecular weight excluding hydrogens is 256 g/mol. The molecule has 0 aliphatic carbocycles. The Bertz CT molecular complexity index is 460. The molecule has 1 aromatic heterocycles. The van der Waals surface area contributed by atoms with Crippen LogP contribution in [0.2, 0.25) is 0 Å². The molecule has 0 radical (unpaired) electrons. The fraction of sp³-hybridized carbons (Fsp3) is 0.533. The minimum absolute atomic E-state index is 0.115. The minimum atomic E-state index is -1.13. The van der Waals surface area contributed by atoms with Crippen LogP contribution in [0.25, 0.3) is 0 Å². The van der Waals surface area contributed by atoms with Gasteiger partial charge in [-0.2, -0.15) is 0 Å². The Labute approximate surface area is 119 Å². The van der Waals surface area contributed by atoms with Crippen molar-refractivity contribution >= 4 is 11.9 Å². The number of carbonyl (C=O) groups is 2. The second-order valence-corrected chi connectivity index (χ2v) is 4.84. The maximum Gasteiger partial charge on any atom is 0.354 e. The third-order valence-electron chi connectivity index (χ3n) is 3.30. The van der Waals surface area contributed by atoms with E-state index in [1.54, 1.807) is 0 Å². The van der Waals surface area contributed by atoms with Crippen LogP contribution in [0, 0.1) is 5.92 Å². The van der Waals surface area contributed by atoms with E-state index in [1.165, 1.54) is 18.2 Å². The fourth-order valence-electron chi connectivity index (χ4n) is 1.95. The topological polar surface area (TPSA) is 79.3 Å². The SMILES string of the molecule is CCCCC(CC)CNC(=O)c1cccc(C(=O)O)n1. The van der Waals surface area contributed by atoms with Crippen molar-refractivity contribution in [2.75, 3.05) is 6.54 Å². The van der Waals surface area contributed by atoms with E-state index in [0.29, 0.717) is 12.5 Å². The molecule has 1 amide bonds. The van der Waals surface area contributed by atoms with Gasteiger partial charge in [0.2, 0.25) is 0 Å². The number of aromatic carboxylic acids is 1. The zero-order chi connectivity index (χ0) is 15.0. The van der Waals surface area contributed by atoms with Crippen LogP contribution in [0.15, 0.2) is 18.2 Å². The molecule has 0 saturated carbocycles. The Hall–Kier alpha value is -1.91. The van der Waals surface area contributed by atoms with Crippen molar-refractivity contribution in [2.24, 2.45) is 5.92 Å². The van der Waals surface area contributed by atoms with Crippen LogP contribution in [0.4, 0.5) is 0 Å². The predicted octanol–water partition coefficient (Wildman–Crippen LogP) is 2.73. The summed E-state index contributed by atoms with van der Waals surface area (Å²) in [5.41, 5.74) is 0.0333. The fourth-order valence-corrected chi connectivity index (χ4v) is 1.95. The van der Waals surface area contributed by atoms with E-state index in [2.05, 4.69) is 24.1 Å². The largest absolute Gasteiger partial charge is 0.477 e. The van der Waals surface area contributed by atoms with Crippen LogP contribution in [0.3, 0.4) is 0 Å². The Morgan fingerprint density at radius 2 is 2.00 bits per heavy atom. The smallest absolute Gasteiger partial charge is 0.354 e. The van der Waals surface area contributed by atoms with Crippen LogP contribution in [0.1, 0.15) is 60.5 Å². The Morgan fingerprint density at radius 1 is 1.30 bits per heavy atom. The van der Waals surface area contributed by atoms with Gasteiger partial charge >= 0.3 is 5.97 Å². The van der Waals surface area contributed by atoms with Gasteiger partial charge in [0.05, 0.1) is 0 Å². The summed E-state index contributed by atoms with van der Waals surface area (Å²) in [6, 6.07) is 4.42. The van der Waals surface area contributed by atoms with Gasteiger partial charge in [-0.15, -0.1) is 0 Å². The Morgan fingerprint density at radius 3 is 2.60 bits per heavy atom. The van der Waals surface area contributed by atoms with E-state index in [0.717, 1.165) is 25.7 Å². The molecule has 0 fully saturated rings. The van der Waals surface area contributed by atoms with Gasteiger partial charge in [0.25, 0.3) is 5.91 Å². The molecule has 1 unspecified atom stereocenters. The number of hydrogen-bond acceptors (Lipinski definition) is 3. The van der Waals surface area contributed by atoms with Crippen molar-refractivity contribution in [3.05, 3.63) is 29.6 Å². The number of aromatic nitrogens is 1. The van der Waals surface area contributed by atoms with Gasteiger partial charge in [0.15, 0.2) is 0 Å². The van der Waals surface area contributed by atoms with Crippen molar-refractivity contribution in [1.29, 1.82) is 0 Å². The quantitative estimate of drug-likeness (QED) is 0.766. The summed E-state index contributed by atoms with van der Waals surface area (Å²) < 4.78 is 0. The first-order valence-electron chi connectivity index (χ1n) is 7.07. The first kappa shape index (κ1) is 16.1. The van der Waals surface area contributed by atoms with Gasteiger partial charge in [-0.25, -0.2) is 9.78 Å². The molecule has 0 aliphatic heterocycles. The number of nitrogens with one attached hydrogen (secondary N) is 1. The highest BCUT2D eigenvalue weighted by molar-refractivity contribution is 5.94. The summed E-state index contributed by atoms with van der Waals surface area (Å²) in [4.78, 5) is 26.6. The highest BCUT2D eigenvalue weighted by atomic mass is 16.4. The number of hydrogen-bond donors (Lipinski definition) is 2. The van der Waals surface area contributed by atoms with Crippen molar-refractivity contribution in [3.63, 3.8) is 0 Å². The van der Waals surface area contributed by atoms with E-state index in [1.807, 2.05) is 0 Å². The molecule has 0 aliphatic rings. The lowest BCUT2D eigenvalue weighted by atomic mass is 9.99. The maximum absolute atomic E-state index is 11.9. The van der Waals surface area contributed by atoms with Gasteiger partial charge in [-0.3, -0.25) is 4.79 Å². The zero-order valence-corrected chi connectivity index (χ0v) is 12.1. The first-order chi connectivity index (χ1) is 9.58. The molecule has 0 bridgehead atoms. The van der Waals surface area contributed by atoms with Crippen LogP contribution < -0.4 is 5.32 Å². The molecule has 1 aromatic rings. The summed E-state index contributed by atoms with van der Waals surface area (Å²) in [7, 11) is 0. The maximum atomic E-state index is 11.9. The van der Waals surface area contributed by atoms with Gasteiger partial charge in [-0.1, -0.05) is 39.2 Å². The summed E-state index contributed by atoms with van der Waals surface area (Å²) in [5, 5.41) is 11.7. The third kappa shape index (κ3) is 4.99. The van der Waals surface area contributed by atoms with Crippen LogP contribution in [-0.2, 0) is 0 Å². The number of nitrogens with zero attached hydrogens (tertiary/aromatic N) is 1. The lowest BCUT2D eigenvalue weighted by molar-refractivity contribution is 0.0690. The second-order valence-electron chi connectivity index (χ2n) is 4.84. The van der Waals surface area contributed by atoms with Crippen molar-refractivity contribution < 1.29 is 14.7 Å². The average Bonchev–Trinajstić information content (AvgIpc) is 2.47. The van der Waals surface area contributed by atoms with Crippen LogP contribution in [-0.4, -0.2) is 28.5 Å². The van der Waals surface area contributed by atoms with Crippen LogP contribution in [0.5, 0.6) is 0 Å². The van der Waals surface area contributed by atoms with E-state index in [4.69, 9.17) is 5.11 Å². The van der Waals surface area contributed by atoms with E-state index in [9.17, 15) is 9.59 Å². The normalized spacial score (nSPS) is 11.9. The van der Waals surface area contributed by atoms with Crippen LogP contribution >= 0.6 is 0 Å². The number of carbonyl (C=O) groups excluding carboxylic acids is 1. The molecule has 110 valence electrons. The summed E-state index contributed by atoms with van der Waals surface area (Å²) in [6.45, 7) is 4.86. The minimum Gasteiger partial charge on any atom is -0.477 e. The standard InChI is InChI=1S/C15H22N2O3/c1-3-5-7-11(4-2)10-16-14(18)12-8-6-9-13(17-12)15(19)20/h6,8-9,11H,3-5,7,10H2,1-2H3,(H,16,18)(H,19,20). The van der Waals surface area contributed by atoms with E-state index in [-0.39, 0.29) is 17.3 Å². The molecule has 1 heterocycles. The number of carboxylic acids is 1. The number of carboxylic acid groups (broad SMARTS) is 1. The summed E-state index contributed by atoms with van der Waals surface area (Å²) in [5.74, 6) is -0.987. The molecule has 5 heteroatoms. The molecule has 0 aromatic carbocycles. The van der Waals surface area contributed by atoms with E-state index >= 15 is 0 Å². The second kappa shape index (κ2) is 8.30. The zero-order valence-electron chi connectivity index (χ0n) is 12.1.